The van der Waals surface area contributed by atoms with E-state index < -0.39 is 6.10 Å². The minimum atomic E-state index is -0.427. The van der Waals surface area contributed by atoms with E-state index in [4.69, 9.17) is 0 Å². The van der Waals surface area contributed by atoms with Gasteiger partial charge in [-0.2, -0.15) is 5.10 Å². The molecule has 2 unspecified atom stereocenters. The van der Waals surface area contributed by atoms with Crippen molar-refractivity contribution in [3.63, 3.8) is 0 Å². The smallest absolute Gasteiger partial charge is 0.250 e. The maximum Gasteiger partial charge on any atom is 0.250 e. The zero-order valence-electron chi connectivity index (χ0n) is 17.9. The van der Waals surface area contributed by atoms with Crippen molar-refractivity contribution in [2.45, 2.75) is 58.1 Å². The van der Waals surface area contributed by atoms with Crippen LogP contribution >= 0.6 is 0 Å². The van der Waals surface area contributed by atoms with Crippen molar-refractivity contribution < 1.29 is 9.90 Å². The molecular formula is C24H30N4O2. The summed E-state index contributed by atoms with van der Waals surface area (Å²) in [5, 5.41) is 17.6. The van der Waals surface area contributed by atoms with Crippen LogP contribution in [0.3, 0.4) is 0 Å². The highest BCUT2D eigenvalue weighted by atomic mass is 16.3. The number of rotatable bonds is 6. The SMILES string of the molecule is CCc1[nH]nc(-c2cc3c([nH]2)CC(N(C)C(=O)C2=CC=CCC2)C=C3)c1CC(C)O. The molecule has 2 aliphatic rings. The van der Waals surface area contributed by atoms with Gasteiger partial charge in [-0.05, 0) is 37.8 Å². The van der Waals surface area contributed by atoms with E-state index in [0.717, 1.165) is 65.2 Å². The highest BCUT2D eigenvalue weighted by Gasteiger charge is 2.26. The van der Waals surface area contributed by atoms with Crippen LogP contribution in [-0.4, -0.2) is 50.3 Å². The summed E-state index contributed by atoms with van der Waals surface area (Å²) in [6, 6.07) is 2.13. The van der Waals surface area contributed by atoms with Crippen LogP contribution in [0.15, 0.2) is 35.9 Å². The molecule has 2 aromatic heterocycles. The van der Waals surface area contributed by atoms with Crippen LogP contribution in [0.1, 0.15) is 49.2 Å². The summed E-state index contributed by atoms with van der Waals surface area (Å²) >= 11 is 0. The zero-order chi connectivity index (χ0) is 21.3. The maximum atomic E-state index is 12.9. The Morgan fingerprint density at radius 3 is 2.97 bits per heavy atom. The number of H-pyrrole nitrogens is 2. The van der Waals surface area contributed by atoms with Gasteiger partial charge in [0.05, 0.1) is 17.8 Å². The molecule has 2 aromatic rings. The molecule has 0 spiro atoms. The lowest BCUT2D eigenvalue weighted by Crippen LogP contribution is -2.39. The summed E-state index contributed by atoms with van der Waals surface area (Å²) in [6.45, 7) is 3.88. The van der Waals surface area contributed by atoms with Crippen molar-refractivity contribution in [1.82, 2.24) is 20.1 Å². The Balaban J connectivity index is 1.56. The van der Waals surface area contributed by atoms with E-state index >= 15 is 0 Å². The van der Waals surface area contributed by atoms with Crippen LogP contribution in [0.4, 0.5) is 0 Å². The predicted octanol–water partition coefficient (Wildman–Crippen LogP) is 3.56. The highest BCUT2D eigenvalue weighted by Crippen LogP contribution is 2.31. The molecule has 4 rings (SSSR count). The van der Waals surface area contributed by atoms with Gasteiger partial charge in [-0.15, -0.1) is 0 Å². The topological polar surface area (TPSA) is 85.0 Å². The first-order chi connectivity index (χ1) is 14.5. The van der Waals surface area contributed by atoms with E-state index in [0.29, 0.717) is 6.42 Å². The first-order valence-corrected chi connectivity index (χ1v) is 10.8. The molecule has 0 radical (unpaired) electrons. The van der Waals surface area contributed by atoms with Crippen molar-refractivity contribution >= 4 is 12.0 Å². The second-order valence-corrected chi connectivity index (χ2v) is 8.26. The van der Waals surface area contributed by atoms with Crippen molar-refractivity contribution in [3.05, 3.63) is 58.5 Å². The van der Waals surface area contributed by atoms with E-state index in [1.165, 1.54) is 0 Å². The average Bonchev–Trinajstić information content (AvgIpc) is 3.35. The van der Waals surface area contributed by atoms with Crippen molar-refractivity contribution in [3.8, 4) is 11.4 Å². The van der Waals surface area contributed by atoms with Gasteiger partial charge in [-0.1, -0.05) is 37.3 Å². The number of hydrogen-bond acceptors (Lipinski definition) is 3. The van der Waals surface area contributed by atoms with Crippen molar-refractivity contribution in [2.75, 3.05) is 7.05 Å². The molecule has 158 valence electrons. The lowest BCUT2D eigenvalue weighted by molar-refractivity contribution is -0.127. The molecule has 2 atom stereocenters. The summed E-state index contributed by atoms with van der Waals surface area (Å²) in [6.07, 6.45) is 13.6. The molecule has 6 nitrogen and oxygen atoms in total. The minimum Gasteiger partial charge on any atom is -0.393 e. The second kappa shape index (κ2) is 8.48. The lowest BCUT2D eigenvalue weighted by atomic mass is 9.97. The van der Waals surface area contributed by atoms with Crippen LogP contribution < -0.4 is 0 Å². The predicted molar refractivity (Wildman–Crippen MR) is 119 cm³/mol. The third-order valence-electron chi connectivity index (χ3n) is 6.01. The number of aliphatic hydroxyl groups excluding tert-OH is 1. The minimum absolute atomic E-state index is 0.0191. The average molecular weight is 407 g/mol. The van der Waals surface area contributed by atoms with Crippen LogP contribution in [0.5, 0.6) is 0 Å². The number of hydrogen-bond donors (Lipinski definition) is 3. The summed E-state index contributed by atoms with van der Waals surface area (Å²) in [5.74, 6) is 0.100. The number of aryl methyl sites for hydroxylation is 1. The Morgan fingerprint density at radius 1 is 1.43 bits per heavy atom. The maximum absolute atomic E-state index is 12.9. The van der Waals surface area contributed by atoms with Gasteiger partial charge in [0.1, 0.15) is 5.69 Å². The first kappa shape index (κ1) is 20.4. The molecule has 0 saturated carbocycles. The Morgan fingerprint density at radius 2 is 2.27 bits per heavy atom. The molecule has 30 heavy (non-hydrogen) atoms. The molecule has 0 aromatic carbocycles. The molecular weight excluding hydrogens is 376 g/mol. The largest absolute Gasteiger partial charge is 0.393 e. The molecule has 2 heterocycles. The number of carbonyl (C=O) groups excluding carboxylic acids is 1. The van der Waals surface area contributed by atoms with Crippen LogP contribution in [0.25, 0.3) is 17.5 Å². The Kier molecular flexibility index (Phi) is 5.77. The second-order valence-electron chi connectivity index (χ2n) is 8.26. The number of aromatic nitrogens is 3. The van der Waals surface area contributed by atoms with Crippen LogP contribution in [0, 0.1) is 0 Å². The third kappa shape index (κ3) is 3.92. The van der Waals surface area contributed by atoms with Gasteiger partial charge < -0.3 is 15.0 Å². The number of aliphatic hydroxyl groups is 1. The van der Waals surface area contributed by atoms with E-state index in [1.54, 1.807) is 6.92 Å². The number of nitrogens with one attached hydrogen (secondary N) is 2. The van der Waals surface area contributed by atoms with Crippen LogP contribution in [-0.2, 0) is 24.1 Å². The molecule has 6 heteroatoms. The zero-order valence-corrected chi connectivity index (χ0v) is 17.9. The van der Waals surface area contributed by atoms with Gasteiger partial charge in [-0.25, -0.2) is 0 Å². The fraction of sp³-hybridized carbons (Fsp3) is 0.417. The molecule has 1 amide bonds. The number of carbonyl (C=O) groups is 1. The summed E-state index contributed by atoms with van der Waals surface area (Å²) in [5.41, 5.74) is 7.06. The summed E-state index contributed by atoms with van der Waals surface area (Å²) in [4.78, 5) is 18.2. The fourth-order valence-corrected chi connectivity index (χ4v) is 4.31. The molecule has 0 saturated heterocycles. The van der Waals surface area contributed by atoms with Gasteiger partial charge in [-0.3, -0.25) is 9.89 Å². The molecule has 0 fully saturated rings. The number of allylic oxidation sites excluding steroid dienone is 3. The Bertz CT molecular complexity index is 1020. The van der Waals surface area contributed by atoms with Gasteiger partial charge in [0.25, 0.3) is 0 Å². The van der Waals surface area contributed by atoms with Gasteiger partial charge in [0.2, 0.25) is 5.91 Å². The lowest BCUT2D eigenvalue weighted by Gasteiger charge is -2.29. The van der Waals surface area contributed by atoms with Gasteiger partial charge in [0.15, 0.2) is 0 Å². The number of aromatic amines is 2. The van der Waals surface area contributed by atoms with Crippen LogP contribution in [0.2, 0.25) is 0 Å². The highest BCUT2D eigenvalue weighted by molar-refractivity contribution is 5.94. The van der Waals surface area contributed by atoms with Crippen molar-refractivity contribution in [1.29, 1.82) is 0 Å². The van der Waals surface area contributed by atoms with E-state index in [1.807, 2.05) is 24.1 Å². The van der Waals surface area contributed by atoms with E-state index in [9.17, 15) is 9.90 Å². The molecule has 0 aliphatic heterocycles. The molecule has 0 bridgehead atoms. The number of fused-ring (bicyclic) bond motifs is 1. The quantitative estimate of drug-likeness (QED) is 0.686. The van der Waals surface area contributed by atoms with E-state index in [2.05, 4.69) is 46.4 Å². The van der Waals surface area contributed by atoms with E-state index in [-0.39, 0.29) is 11.9 Å². The van der Waals surface area contributed by atoms with Gasteiger partial charge >= 0.3 is 0 Å². The summed E-state index contributed by atoms with van der Waals surface area (Å²) in [7, 11) is 1.88. The number of nitrogens with zero attached hydrogens (tertiary/aromatic N) is 2. The Hall–Kier alpha value is -2.86. The first-order valence-electron chi connectivity index (χ1n) is 10.8. The normalized spacial score (nSPS) is 18.8. The molecule has 3 N–H and O–H groups in total. The standard InChI is InChI=1S/C24H30N4O2/c1-4-20-19(12-15(2)29)23(27-26-20)22-13-17-10-11-18(14-21(17)25-22)28(3)24(30)16-8-6-5-7-9-16/h5-6,8,10-11,13,15,18,25,29H,4,7,9,12,14H2,1-3H3,(H,26,27). The van der Waals surface area contributed by atoms with Crippen molar-refractivity contribution in [2.24, 2.45) is 0 Å². The van der Waals surface area contributed by atoms with Gasteiger partial charge in [0, 0.05) is 42.4 Å². The number of amides is 1. The molecule has 2 aliphatic carbocycles. The summed E-state index contributed by atoms with van der Waals surface area (Å²) < 4.78 is 0. The Labute approximate surface area is 177 Å². The monoisotopic (exact) mass is 406 g/mol. The number of likely N-dealkylation sites (N-methyl/N-ethyl adjacent to an activating group) is 1. The fourth-order valence-electron chi connectivity index (χ4n) is 4.31. The third-order valence-corrected chi connectivity index (χ3v) is 6.01.